The van der Waals surface area contributed by atoms with Gasteiger partial charge in [-0.3, -0.25) is 4.98 Å². The Morgan fingerprint density at radius 1 is 1.24 bits per heavy atom. The highest BCUT2D eigenvalue weighted by atomic mass is 79.9. The first-order chi connectivity index (χ1) is 8.18. The van der Waals surface area contributed by atoms with E-state index in [-0.39, 0.29) is 0 Å². The van der Waals surface area contributed by atoms with Gasteiger partial charge in [0.2, 0.25) is 0 Å². The van der Waals surface area contributed by atoms with E-state index in [4.69, 9.17) is 5.11 Å². The fourth-order valence-electron chi connectivity index (χ4n) is 1.30. The minimum atomic E-state index is -0.918. The normalized spacial score (nSPS) is 10.2. The topological polar surface area (TPSA) is 50.2 Å². The Labute approximate surface area is 111 Å². The van der Waals surface area contributed by atoms with Crippen LogP contribution in [0.4, 0.5) is 0 Å². The summed E-state index contributed by atoms with van der Waals surface area (Å²) in [7, 11) is 0. The Bertz CT molecular complexity index is 560. The molecule has 1 heterocycles. The summed E-state index contributed by atoms with van der Waals surface area (Å²) in [5.41, 5.74) is 0.307. The molecule has 0 saturated heterocycles. The number of rotatable bonds is 3. The Hall–Kier alpha value is -1.33. The molecular formula is C12H8BrNO2S. The first kappa shape index (κ1) is 12.1. The van der Waals surface area contributed by atoms with Crippen LogP contribution in [-0.2, 0) is 0 Å². The second kappa shape index (κ2) is 5.33. The number of pyridine rings is 1. The zero-order valence-electron chi connectivity index (χ0n) is 8.63. The average molecular weight is 310 g/mol. The van der Waals surface area contributed by atoms with Crippen molar-refractivity contribution in [3.05, 3.63) is 52.8 Å². The van der Waals surface area contributed by atoms with E-state index in [0.29, 0.717) is 10.5 Å². The number of aromatic nitrogens is 1. The molecule has 0 bridgehead atoms. The molecule has 0 aliphatic carbocycles. The van der Waals surface area contributed by atoms with Crippen LogP contribution in [0.15, 0.2) is 57.0 Å². The van der Waals surface area contributed by atoms with E-state index < -0.39 is 5.97 Å². The molecule has 0 aliphatic rings. The largest absolute Gasteiger partial charge is 0.478 e. The van der Waals surface area contributed by atoms with Crippen molar-refractivity contribution in [3.63, 3.8) is 0 Å². The summed E-state index contributed by atoms with van der Waals surface area (Å²) in [4.78, 5) is 16.7. The third-order valence-corrected chi connectivity index (χ3v) is 4.12. The number of benzene rings is 1. The molecule has 0 radical (unpaired) electrons. The minimum Gasteiger partial charge on any atom is -0.478 e. The quantitative estimate of drug-likeness (QED) is 0.939. The molecule has 0 atom stereocenters. The van der Waals surface area contributed by atoms with E-state index in [1.807, 2.05) is 12.1 Å². The van der Waals surface area contributed by atoms with Gasteiger partial charge >= 0.3 is 5.97 Å². The van der Waals surface area contributed by atoms with Crippen molar-refractivity contribution in [3.8, 4) is 0 Å². The van der Waals surface area contributed by atoms with Gasteiger partial charge in [0.05, 0.1) is 5.56 Å². The molecule has 2 aromatic rings. The van der Waals surface area contributed by atoms with Gasteiger partial charge in [-0.25, -0.2) is 4.79 Å². The van der Waals surface area contributed by atoms with Crippen molar-refractivity contribution in [1.29, 1.82) is 0 Å². The number of carboxylic acid groups (broad SMARTS) is 1. The minimum absolute atomic E-state index is 0.307. The van der Waals surface area contributed by atoms with E-state index in [1.165, 1.54) is 11.8 Å². The van der Waals surface area contributed by atoms with E-state index in [2.05, 4.69) is 20.9 Å². The standard InChI is InChI=1S/C12H8BrNO2S/c13-9-7-14-6-5-11(9)17-10-4-2-1-3-8(10)12(15)16/h1-7H,(H,15,16). The van der Waals surface area contributed by atoms with Crippen molar-refractivity contribution >= 4 is 33.7 Å². The molecule has 3 nitrogen and oxygen atoms in total. The summed E-state index contributed by atoms with van der Waals surface area (Å²) in [5.74, 6) is -0.918. The number of nitrogens with zero attached hydrogens (tertiary/aromatic N) is 1. The van der Waals surface area contributed by atoms with Gasteiger partial charge in [-0.15, -0.1) is 0 Å². The fraction of sp³-hybridized carbons (Fsp3) is 0. The Morgan fingerprint density at radius 2 is 2.00 bits per heavy atom. The monoisotopic (exact) mass is 309 g/mol. The van der Waals surface area contributed by atoms with Crippen molar-refractivity contribution in [2.75, 3.05) is 0 Å². The van der Waals surface area contributed by atoms with E-state index in [9.17, 15) is 4.79 Å². The van der Waals surface area contributed by atoms with Gasteiger partial charge in [0.25, 0.3) is 0 Å². The third-order valence-electron chi connectivity index (χ3n) is 2.07. The van der Waals surface area contributed by atoms with Gasteiger partial charge in [-0.05, 0) is 34.1 Å². The van der Waals surface area contributed by atoms with Gasteiger partial charge in [0.1, 0.15) is 0 Å². The number of carboxylic acids is 1. The first-order valence-electron chi connectivity index (χ1n) is 4.78. The molecular weight excluding hydrogens is 302 g/mol. The lowest BCUT2D eigenvalue weighted by Crippen LogP contribution is -1.98. The molecule has 17 heavy (non-hydrogen) atoms. The van der Waals surface area contributed by atoms with Gasteiger partial charge in [-0.2, -0.15) is 0 Å². The Balaban J connectivity index is 2.37. The first-order valence-corrected chi connectivity index (χ1v) is 6.39. The zero-order valence-corrected chi connectivity index (χ0v) is 11.0. The van der Waals surface area contributed by atoms with Crippen molar-refractivity contribution in [1.82, 2.24) is 4.98 Å². The lowest BCUT2D eigenvalue weighted by Gasteiger charge is -2.06. The SMILES string of the molecule is O=C(O)c1ccccc1Sc1ccncc1Br. The second-order valence-corrected chi connectivity index (χ2v) is 5.15. The number of hydrogen-bond donors (Lipinski definition) is 1. The predicted molar refractivity (Wildman–Crippen MR) is 69.5 cm³/mol. The summed E-state index contributed by atoms with van der Waals surface area (Å²) in [6.45, 7) is 0. The van der Waals surface area contributed by atoms with Crippen LogP contribution in [-0.4, -0.2) is 16.1 Å². The molecule has 1 N–H and O–H groups in total. The number of carbonyl (C=O) groups is 1. The van der Waals surface area contributed by atoms with Gasteiger partial charge < -0.3 is 5.11 Å². The molecule has 0 unspecified atom stereocenters. The van der Waals surface area contributed by atoms with Gasteiger partial charge in [0.15, 0.2) is 0 Å². The summed E-state index contributed by atoms with van der Waals surface area (Å²) < 4.78 is 0.852. The van der Waals surface area contributed by atoms with E-state index >= 15 is 0 Å². The maximum absolute atomic E-state index is 11.1. The van der Waals surface area contributed by atoms with Crippen LogP contribution in [0.2, 0.25) is 0 Å². The average Bonchev–Trinajstić information content (AvgIpc) is 2.32. The smallest absolute Gasteiger partial charge is 0.336 e. The lowest BCUT2D eigenvalue weighted by molar-refractivity contribution is 0.0693. The van der Waals surface area contributed by atoms with Crippen molar-refractivity contribution in [2.24, 2.45) is 0 Å². The molecule has 1 aromatic heterocycles. The van der Waals surface area contributed by atoms with E-state index in [1.54, 1.807) is 30.6 Å². The molecule has 0 spiro atoms. The summed E-state index contributed by atoms with van der Waals surface area (Å²) in [5, 5.41) is 9.08. The summed E-state index contributed by atoms with van der Waals surface area (Å²) in [6, 6.07) is 8.77. The molecule has 1 aromatic carbocycles. The van der Waals surface area contributed by atoms with E-state index in [0.717, 1.165) is 9.37 Å². The summed E-state index contributed by atoms with van der Waals surface area (Å²) in [6.07, 6.45) is 3.36. The molecule has 0 saturated carbocycles. The predicted octanol–water partition coefficient (Wildman–Crippen LogP) is 3.69. The van der Waals surface area contributed by atoms with Crippen molar-refractivity contribution < 1.29 is 9.90 Å². The maximum Gasteiger partial charge on any atom is 0.336 e. The van der Waals surface area contributed by atoms with Crippen LogP contribution >= 0.6 is 27.7 Å². The third kappa shape index (κ3) is 2.87. The molecule has 0 aliphatic heterocycles. The highest BCUT2D eigenvalue weighted by Gasteiger charge is 2.11. The zero-order chi connectivity index (χ0) is 12.3. The van der Waals surface area contributed by atoms with Crippen LogP contribution in [0.3, 0.4) is 0 Å². The second-order valence-electron chi connectivity index (χ2n) is 3.21. The van der Waals surface area contributed by atoms with Crippen LogP contribution in [0.5, 0.6) is 0 Å². The molecule has 2 rings (SSSR count). The Morgan fingerprint density at radius 3 is 2.71 bits per heavy atom. The highest BCUT2D eigenvalue weighted by Crippen LogP contribution is 2.34. The number of hydrogen-bond acceptors (Lipinski definition) is 3. The number of halogens is 1. The van der Waals surface area contributed by atoms with Crippen LogP contribution in [0.1, 0.15) is 10.4 Å². The lowest BCUT2D eigenvalue weighted by atomic mass is 10.2. The van der Waals surface area contributed by atoms with Crippen LogP contribution in [0, 0.1) is 0 Å². The fourth-order valence-corrected chi connectivity index (χ4v) is 2.72. The van der Waals surface area contributed by atoms with Crippen LogP contribution < -0.4 is 0 Å². The molecule has 5 heteroatoms. The molecule has 0 amide bonds. The Kier molecular flexibility index (Phi) is 3.81. The maximum atomic E-state index is 11.1. The van der Waals surface area contributed by atoms with Crippen LogP contribution in [0.25, 0.3) is 0 Å². The molecule has 86 valence electrons. The summed E-state index contributed by atoms with van der Waals surface area (Å²) >= 11 is 4.79. The highest BCUT2D eigenvalue weighted by molar-refractivity contribution is 9.10. The van der Waals surface area contributed by atoms with Crippen molar-refractivity contribution in [2.45, 2.75) is 9.79 Å². The molecule has 0 fully saturated rings. The van der Waals surface area contributed by atoms with Gasteiger partial charge in [-0.1, -0.05) is 23.9 Å². The number of aromatic carboxylic acids is 1. The van der Waals surface area contributed by atoms with Gasteiger partial charge in [0, 0.05) is 26.7 Å².